The first-order valence-corrected chi connectivity index (χ1v) is 8.35. The number of aryl methyl sites for hydroxylation is 1. The Morgan fingerprint density at radius 1 is 1.29 bits per heavy atom. The van der Waals surface area contributed by atoms with Gasteiger partial charge in [0.25, 0.3) is 5.91 Å². The molecular formula is C18H27N3O3. The number of hydrogen-bond acceptors (Lipinski definition) is 4. The highest BCUT2D eigenvalue weighted by atomic mass is 16.3. The van der Waals surface area contributed by atoms with E-state index in [-0.39, 0.29) is 11.7 Å². The molecule has 1 aromatic heterocycles. The largest absolute Gasteiger partial charge is 0.384 e. The Hall–Kier alpha value is -1.92. The van der Waals surface area contributed by atoms with Crippen LogP contribution < -0.4 is 0 Å². The molecule has 1 aromatic rings. The molecule has 1 atom stereocenters. The monoisotopic (exact) mass is 333 g/mol. The van der Waals surface area contributed by atoms with Crippen LogP contribution in [0.1, 0.15) is 28.7 Å². The summed E-state index contributed by atoms with van der Waals surface area (Å²) >= 11 is 0. The van der Waals surface area contributed by atoms with Crippen LogP contribution in [0.5, 0.6) is 0 Å². The molecule has 0 aromatic carbocycles. The number of Topliss-reactive ketones (excluding diaryl/α,β-unsaturated/α-hetero) is 1. The van der Waals surface area contributed by atoms with Gasteiger partial charge in [0, 0.05) is 49.7 Å². The lowest BCUT2D eigenvalue weighted by Crippen LogP contribution is -2.51. The van der Waals surface area contributed by atoms with Crippen molar-refractivity contribution >= 4 is 11.7 Å². The smallest absolute Gasteiger partial charge is 0.251 e. The molecule has 1 N–H and O–H groups in total. The first-order valence-electron chi connectivity index (χ1n) is 8.35. The van der Waals surface area contributed by atoms with Crippen molar-refractivity contribution in [1.29, 1.82) is 0 Å². The molecule has 1 amide bonds. The number of aromatic nitrogens is 1. The molecule has 2 rings (SSSR count). The molecule has 132 valence electrons. The van der Waals surface area contributed by atoms with Gasteiger partial charge in [0.1, 0.15) is 6.10 Å². The molecule has 0 bridgehead atoms. The van der Waals surface area contributed by atoms with Crippen LogP contribution in [0.2, 0.25) is 0 Å². The zero-order valence-corrected chi connectivity index (χ0v) is 14.8. The quantitative estimate of drug-likeness (QED) is 0.623. The normalized spacial score (nSPS) is 16.9. The average Bonchev–Trinajstić information content (AvgIpc) is 2.83. The Bertz CT molecular complexity index is 626. The summed E-state index contributed by atoms with van der Waals surface area (Å²) in [4.78, 5) is 28.1. The maximum atomic E-state index is 12.6. The molecular weight excluding hydrogens is 306 g/mol. The van der Waals surface area contributed by atoms with Crippen molar-refractivity contribution in [2.45, 2.75) is 33.4 Å². The summed E-state index contributed by atoms with van der Waals surface area (Å²) in [7, 11) is 0. The van der Waals surface area contributed by atoms with E-state index in [9.17, 15) is 14.7 Å². The second-order valence-electron chi connectivity index (χ2n) is 6.38. The Kier molecular flexibility index (Phi) is 5.96. The van der Waals surface area contributed by atoms with E-state index in [1.54, 1.807) is 4.90 Å². The maximum Gasteiger partial charge on any atom is 0.251 e. The van der Waals surface area contributed by atoms with E-state index in [1.807, 2.05) is 26.0 Å². The Balaban J connectivity index is 1.96. The summed E-state index contributed by atoms with van der Waals surface area (Å²) in [5.41, 5.74) is 2.79. The molecule has 24 heavy (non-hydrogen) atoms. The zero-order valence-electron chi connectivity index (χ0n) is 14.8. The second kappa shape index (κ2) is 7.77. The number of allylic oxidation sites excluding steroid dienone is 1. The number of piperazine rings is 1. The predicted molar refractivity (Wildman–Crippen MR) is 93.1 cm³/mol. The SMILES string of the molecule is C=CCn1c(C)cc(C(=O)CN2CCN(C(=O)C(C)O)CC2)c1C. The molecule has 0 aliphatic carbocycles. The van der Waals surface area contributed by atoms with E-state index >= 15 is 0 Å². The number of aliphatic hydroxyl groups is 1. The molecule has 1 fully saturated rings. The lowest BCUT2D eigenvalue weighted by molar-refractivity contribution is -0.140. The van der Waals surface area contributed by atoms with Crippen molar-refractivity contribution < 1.29 is 14.7 Å². The van der Waals surface area contributed by atoms with Crippen LogP contribution in [0.25, 0.3) is 0 Å². The van der Waals surface area contributed by atoms with E-state index in [2.05, 4.69) is 16.0 Å². The number of ketones is 1. The van der Waals surface area contributed by atoms with Crippen molar-refractivity contribution in [3.8, 4) is 0 Å². The van der Waals surface area contributed by atoms with Gasteiger partial charge >= 0.3 is 0 Å². The molecule has 0 saturated carbocycles. The minimum absolute atomic E-state index is 0.105. The van der Waals surface area contributed by atoms with Crippen molar-refractivity contribution in [3.05, 3.63) is 35.7 Å². The molecule has 2 heterocycles. The van der Waals surface area contributed by atoms with Crippen LogP contribution in [-0.2, 0) is 11.3 Å². The van der Waals surface area contributed by atoms with Crippen molar-refractivity contribution in [2.75, 3.05) is 32.7 Å². The zero-order chi connectivity index (χ0) is 17.9. The van der Waals surface area contributed by atoms with Gasteiger partial charge in [-0.25, -0.2) is 0 Å². The number of carbonyl (C=O) groups excluding carboxylic acids is 2. The molecule has 1 aliphatic heterocycles. The number of aliphatic hydroxyl groups excluding tert-OH is 1. The highest BCUT2D eigenvalue weighted by Gasteiger charge is 2.25. The van der Waals surface area contributed by atoms with E-state index < -0.39 is 6.10 Å². The summed E-state index contributed by atoms with van der Waals surface area (Å²) in [6.45, 7) is 12.6. The van der Waals surface area contributed by atoms with Crippen LogP contribution in [0.4, 0.5) is 0 Å². The summed E-state index contributed by atoms with van der Waals surface area (Å²) in [6.07, 6.45) is 0.862. The molecule has 0 spiro atoms. The van der Waals surface area contributed by atoms with Gasteiger partial charge in [0.15, 0.2) is 5.78 Å². The highest BCUT2D eigenvalue weighted by Crippen LogP contribution is 2.17. The molecule has 1 saturated heterocycles. The fraction of sp³-hybridized carbons (Fsp3) is 0.556. The third-order valence-electron chi connectivity index (χ3n) is 4.59. The molecule has 1 aliphatic rings. The fourth-order valence-electron chi connectivity index (χ4n) is 3.17. The van der Waals surface area contributed by atoms with Gasteiger partial charge in [-0.05, 0) is 26.8 Å². The van der Waals surface area contributed by atoms with Crippen LogP contribution >= 0.6 is 0 Å². The molecule has 6 nitrogen and oxygen atoms in total. The van der Waals surface area contributed by atoms with Crippen LogP contribution in [0, 0.1) is 13.8 Å². The van der Waals surface area contributed by atoms with Gasteiger partial charge in [-0.1, -0.05) is 6.08 Å². The number of hydrogen-bond donors (Lipinski definition) is 1. The minimum Gasteiger partial charge on any atom is -0.384 e. The van der Waals surface area contributed by atoms with Gasteiger partial charge in [-0.2, -0.15) is 0 Å². The van der Waals surface area contributed by atoms with Gasteiger partial charge in [0.2, 0.25) is 0 Å². The third-order valence-corrected chi connectivity index (χ3v) is 4.59. The van der Waals surface area contributed by atoms with Crippen molar-refractivity contribution in [2.24, 2.45) is 0 Å². The van der Waals surface area contributed by atoms with Gasteiger partial charge < -0.3 is 14.6 Å². The Labute approximate surface area is 143 Å². The number of rotatable bonds is 6. The van der Waals surface area contributed by atoms with Crippen molar-refractivity contribution in [1.82, 2.24) is 14.4 Å². The van der Waals surface area contributed by atoms with E-state index in [0.29, 0.717) is 39.3 Å². The first-order chi connectivity index (χ1) is 11.3. The third kappa shape index (κ3) is 3.94. The number of carbonyl (C=O) groups is 2. The maximum absolute atomic E-state index is 12.6. The Morgan fingerprint density at radius 3 is 2.46 bits per heavy atom. The fourth-order valence-corrected chi connectivity index (χ4v) is 3.17. The minimum atomic E-state index is -0.964. The lowest BCUT2D eigenvalue weighted by atomic mass is 10.1. The highest BCUT2D eigenvalue weighted by molar-refractivity contribution is 5.99. The van der Waals surface area contributed by atoms with Gasteiger partial charge in [0.05, 0.1) is 6.54 Å². The van der Waals surface area contributed by atoms with E-state index in [0.717, 1.165) is 17.0 Å². The molecule has 1 unspecified atom stereocenters. The van der Waals surface area contributed by atoms with Crippen LogP contribution in [-0.4, -0.2) is 70.0 Å². The van der Waals surface area contributed by atoms with Crippen molar-refractivity contribution in [3.63, 3.8) is 0 Å². The molecule has 0 radical (unpaired) electrons. The topological polar surface area (TPSA) is 65.8 Å². The van der Waals surface area contributed by atoms with E-state index in [1.165, 1.54) is 6.92 Å². The Morgan fingerprint density at radius 2 is 1.92 bits per heavy atom. The summed E-state index contributed by atoms with van der Waals surface area (Å²) in [5, 5.41) is 9.37. The lowest BCUT2D eigenvalue weighted by Gasteiger charge is -2.34. The second-order valence-corrected chi connectivity index (χ2v) is 6.38. The summed E-state index contributed by atoms with van der Waals surface area (Å²) in [6, 6.07) is 1.94. The average molecular weight is 333 g/mol. The van der Waals surface area contributed by atoms with Crippen LogP contribution in [0.15, 0.2) is 18.7 Å². The van der Waals surface area contributed by atoms with Crippen LogP contribution in [0.3, 0.4) is 0 Å². The summed E-state index contributed by atoms with van der Waals surface area (Å²) in [5.74, 6) is -0.136. The standard InChI is InChI=1S/C18H27N3O3/c1-5-6-21-13(2)11-16(14(21)3)17(23)12-19-7-9-20(10-8-19)18(24)15(4)22/h5,11,15,22H,1,6-10,12H2,2-4H3. The molecule has 6 heteroatoms. The van der Waals surface area contributed by atoms with Gasteiger partial charge in [-0.3, -0.25) is 14.5 Å². The first kappa shape index (κ1) is 18.4. The predicted octanol–water partition coefficient (Wildman–Crippen LogP) is 0.999. The van der Waals surface area contributed by atoms with Gasteiger partial charge in [-0.15, -0.1) is 6.58 Å². The number of amides is 1. The van der Waals surface area contributed by atoms with E-state index in [4.69, 9.17) is 0 Å². The number of nitrogens with zero attached hydrogens (tertiary/aromatic N) is 3. The summed E-state index contributed by atoms with van der Waals surface area (Å²) < 4.78 is 2.08.